The zero-order valence-electron chi connectivity index (χ0n) is 13.7. The molecule has 1 aromatic heterocycles. The smallest absolute Gasteiger partial charge is 0.400 e. The van der Waals surface area contributed by atoms with Crippen molar-refractivity contribution in [3.05, 3.63) is 28.3 Å². The van der Waals surface area contributed by atoms with Crippen molar-refractivity contribution in [3.8, 4) is 0 Å². The molecule has 3 N–H and O–H groups in total. The second-order valence-corrected chi connectivity index (χ2v) is 6.90. The Morgan fingerprint density at radius 1 is 1.36 bits per heavy atom. The molecule has 0 atom stereocenters. The van der Waals surface area contributed by atoms with Crippen LogP contribution < -0.4 is 11.1 Å². The summed E-state index contributed by atoms with van der Waals surface area (Å²) in [6, 6.07) is 1.78. The van der Waals surface area contributed by atoms with Crippen LogP contribution >= 0.6 is 11.6 Å². The fourth-order valence-electron chi connectivity index (χ4n) is 2.18. The van der Waals surface area contributed by atoms with E-state index in [-0.39, 0.29) is 11.2 Å². The van der Waals surface area contributed by atoms with Gasteiger partial charge >= 0.3 is 7.12 Å². The molecule has 1 aliphatic heterocycles. The zero-order chi connectivity index (χ0) is 16.5. The van der Waals surface area contributed by atoms with Crippen LogP contribution in [0.4, 0.5) is 5.82 Å². The minimum Gasteiger partial charge on any atom is -0.400 e. The van der Waals surface area contributed by atoms with Gasteiger partial charge < -0.3 is 20.4 Å². The highest BCUT2D eigenvalue weighted by atomic mass is 35.5. The Morgan fingerprint density at radius 3 is 2.50 bits per heavy atom. The maximum absolute atomic E-state index is 6.10. The summed E-state index contributed by atoms with van der Waals surface area (Å²) in [5.74, 6) is 0.425. The first-order valence-electron chi connectivity index (χ1n) is 7.28. The molecule has 120 valence electrons. The molecule has 1 fully saturated rings. The van der Waals surface area contributed by atoms with Gasteiger partial charge in [-0.3, -0.25) is 0 Å². The highest BCUT2D eigenvalue weighted by Crippen LogP contribution is 2.38. The normalized spacial score (nSPS) is 20.5. The quantitative estimate of drug-likeness (QED) is 0.833. The van der Waals surface area contributed by atoms with Crippen LogP contribution in [0.3, 0.4) is 0 Å². The van der Waals surface area contributed by atoms with E-state index >= 15 is 0 Å². The van der Waals surface area contributed by atoms with Crippen LogP contribution in [0.5, 0.6) is 0 Å². The van der Waals surface area contributed by atoms with Crippen molar-refractivity contribution in [1.82, 2.24) is 10.3 Å². The summed E-state index contributed by atoms with van der Waals surface area (Å²) in [7, 11) is 1.44. The summed E-state index contributed by atoms with van der Waals surface area (Å²) in [5.41, 5.74) is 6.85. The molecular weight excluding hydrogens is 300 g/mol. The number of anilines is 1. The van der Waals surface area contributed by atoms with Crippen LogP contribution in [0.15, 0.2) is 17.7 Å². The summed E-state index contributed by atoms with van der Waals surface area (Å²) in [5, 5.41) is 3.67. The van der Waals surface area contributed by atoms with E-state index in [4.69, 9.17) is 26.6 Å². The summed E-state index contributed by atoms with van der Waals surface area (Å²) in [4.78, 5) is 4.07. The average Bonchev–Trinajstić information content (AvgIpc) is 2.62. The first kappa shape index (κ1) is 17.3. The molecule has 0 radical (unpaired) electrons. The minimum atomic E-state index is -0.434. The Hall–Kier alpha value is -1.08. The Labute approximate surface area is 137 Å². The van der Waals surface area contributed by atoms with Gasteiger partial charge in [0.05, 0.1) is 16.2 Å². The van der Waals surface area contributed by atoms with Crippen molar-refractivity contribution in [2.75, 3.05) is 19.3 Å². The lowest BCUT2D eigenvalue weighted by Gasteiger charge is -2.32. The van der Waals surface area contributed by atoms with Crippen molar-refractivity contribution in [3.63, 3.8) is 0 Å². The van der Waals surface area contributed by atoms with Crippen LogP contribution in [-0.4, -0.2) is 36.9 Å². The number of hydrogen-bond donors (Lipinski definition) is 2. The summed E-state index contributed by atoms with van der Waals surface area (Å²) in [6.07, 6.45) is 3.45. The van der Waals surface area contributed by atoms with Crippen LogP contribution in [-0.2, 0) is 9.31 Å². The second kappa shape index (κ2) is 6.20. The maximum Gasteiger partial charge on any atom is 0.491 e. The topological polar surface area (TPSA) is 69.4 Å². The van der Waals surface area contributed by atoms with Gasteiger partial charge in [-0.05, 0) is 46.3 Å². The van der Waals surface area contributed by atoms with Crippen molar-refractivity contribution in [1.29, 1.82) is 0 Å². The lowest BCUT2D eigenvalue weighted by Crippen LogP contribution is -2.41. The first-order chi connectivity index (χ1) is 10.2. The van der Waals surface area contributed by atoms with Gasteiger partial charge in [0, 0.05) is 18.3 Å². The average molecular weight is 324 g/mol. The largest absolute Gasteiger partial charge is 0.491 e. The molecule has 2 rings (SSSR count). The van der Waals surface area contributed by atoms with E-state index in [2.05, 4.69) is 10.3 Å². The van der Waals surface area contributed by atoms with Gasteiger partial charge in [0.2, 0.25) is 0 Å². The Bertz CT molecular complexity index is 574. The number of nitrogens with two attached hydrogens (primary N) is 1. The highest BCUT2D eigenvalue weighted by Gasteiger charge is 2.52. The lowest BCUT2D eigenvalue weighted by atomic mass is 9.77. The van der Waals surface area contributed by atoms with E-state index < -0.39 is 7.12 Å². The number of halogens is 1. The number of nitrogen functional groups attached to an aromatic ring is 1. The maximum atomic E-state index is 6.10. The zero-order valence-corrected chi connectivity index (χ0v) is 14.5. The molecule has 2 heterocycles. The van der Waals surface area contributed by atoms with Crippen molar-refractivity contribution >= 4 is 30.6 Å². The third kappa shape index (κ3) is 3.46. The number of pyridine rings is 1. The molecule has 1 aliphatic rings. The summed E-state index contributed by atoms with van der Waals surface area (Å²) < 4.78 is 12.2. The molecule has 0 unspecified atom stereocenters. The minimum absolute atomic E-state index is 0.386. The van der Waals surface area contributed by atoms with Gasteiger partial charge in [-0.2, -0.15) is 0 Å². The van der Waals surface area contributed by atoms with Crippen LogP contribution in [0.1, 0.15) is 33.3 Å². The standard InChI is InChI=1S/C15H23BClN3O2/c1-14(2)15(3,4)22-16(21-14)11(8-19-5)6-10-7-12(17)9-20-13(10)18/h6-7,9,19H,8H2,1-5H3,(H2,18,20). The third-order valence-corrected chi connectivity index (χ3v) is 4.40. The van der Waals surface area contributed by atoms with Crippen molar-refractivity contribution in [2.45, 2.75) is 38.9 Å². The Morgan fingerprint density at radius 2 is 1.95 bits per heavy atom. The third-order valence-electron chi connectivity index (χ3n) is 4.19. The molecule has 1 saturated heterocycles. The van der Waals surface area contributed by atoms with E-state index in [0.717, 1.165) is 11.0 Å². The predicted octanol–water partition coefficient (Wildman–Crippen LogP) is 2.55. The molecule has 7 heteroatoms. The molecule has 22 heavy (non-hydrogen) atoms. The van der Waals surface area contributed by atoms with Crippen LogP contribution in [0, 0.1) is 0 Å². The number of hydrogen-bond acceptors (Lipinski definition) is 5. The Kier molecular flexibility index (Phi) is 4.87. The molecule has 0 spiro atoms. The molecule has 5 nitrogen and oxygen atoms in total. The SMILES string of the molecule is CNCC(=Cc1cc(Cl)cnc1N)B1OC(C)(C)C(C)(C)O1. The number of nitrogens with zero attached hydrogens (tertiary/aromatic N) is 1. The fourth-order valence-corrected chi connectivity index (χ4v) is 2.35. The van der Waals surface area contributed by atoms with Gasteiger partial charge in [-0.15, -0.1) is 0 Å². The molecule has 0 bridgehead atoms. The Balaban J connectivity index is 2.35. The molecule has 0 saturated carbocycles. The first-order valence-corrected chi connectivity index (χ1v) is 7.66. The van der Waals surface area contributed by atoms with E-state index in [1.165, 1.54) is 6.20 Å². The molecule has 0 amide bonds. The lowest BCUT2D eigenvalue weighted by molar-refractivity contribution is 0.00578. The number of aromatic nitrogens is 1. The van der Waals surface area contributed by atoms with Crippen molar-refractivity contribution in [2.24, 2.45) is 0 Å². The predicted molar refractivity (Wildman–Crippen MR) is 91.6 cm³/mol. The monoisotopic (exact) mass is 323 g/mol. The van der Waals surface area contributed by atoms with E-state index in [0.29, 0.717) is 17.4 Å². The van der Waals surface area contributed by atoms with Gasteiger partial charge in [0.1, 0.15) is 5.82 Å². The fraction of sp³-hybridized carbons (Fsp3) is 0.533. The van der Waals surface area contributed by atoms with Gasteiger partial charge in [0.15, 0.2) is 0 Å². The number of rotatable bonds is 4. The molecule has 0 aromatic carbocycles. The number of likely N-dealkylation sites (N-methyl/N-ethyl adjacent to an activating group) is 1. The summed E-state index contributed by atoms with van der Waals surface area (Å²) >= 11 is 6.00. The van der Waals surface area contributed by atoms with Gasteiger partial charge in [-0.25, -0.2) is 4.98 Å². The van der Waals surface area contributed by atoms with E-state index in [1.807, 2.05) is 40.8 Å². The van der Waals surface area contributed by atoms with Crippen LogP contribution in [0.2, 0.25) is 5.02 Å². The van der Waals surface area contributed by atoms with Crippen LogP contribution in [0.25, 0.3) is 6.08 Å². The van der Waals surface area contributed by atoms with Crippen molar-refractivity contribution < 1.29 is 9.31 Å². The van der Waals surface area contributed by atoms with Gasteiger partial charge in [0.25, 0.3) is 0 Å². The highest BCUT2D eigenvalue weighted by molar-refractivity contribution is 6.56. The van der Waals surface area contributed by atoms with E-state index in [9.17, 15) is 0 Å². The second-order valence-electron chi connectivity index (χ2n) is 6.47. The van der Waals surface area contributed by atoms with Gasteiger partial charge in [-0.1, -0.05) is 17.7 Å². The molecular formula is C15H23BClN3O2. The molecule has 1 aromatic rings. The molecule has 0 aliphatic carbocycles. The summed E-state index contributed by atoms with van der Waals surface area (Å²) in [6.45, 7) is 8.72. The van der Waals surface area contributed by atoms with E-state index in [1.54, 1.807) is 6.07 Å². The number of nitrogens with one attached hydrogen (secondary N) is 1.